The standard InChI is InChI=1S/C14H19ClN2O/c1-14(2,18)5-6-17-9-10(8-16)12-4-3-11(15)7-13(12)17/h3-4,7,9,18H,5-6,8,16H2,1-2H3. The minimum atomic E-state index is -0.669. The largest absolute Gasteiger partial charge is 0.390 e. The molecule has 3 N–H and O–H groups in total. The number of rotatable bonds is 4. The highest BCUT2D eigenvalue weighted by atomic mass is 35.5. The van der Waals surface area contributed by atoms with E-state index in [0.717, 1.165) is 23.0 Å². The van der Waals surface area contributed by atoms with Crippen LogP contribution in [0.2, 0.25) is 5.02 Å². The van der Waals surface area contributed by atoms with Gasteiger partial charge in [-0.2, -0.15) is 0 Å². The van der Waals surface area contributed by atoms with E-state index < -0.39 is 5.60 Å². The molecule has 2 rings (SSSR count). The summed E-state index contributed by atoms with van der Waals surface area (Å²) in [4.78, 5) is 0. The first-order valence-electron chi connectivity index (χ1n) is 6.10. The number of fused-ring (bicyclic) bond motifs is 1. The van der Waals surface area contributed by atoms with Gasteiger partial charge in [-0.25, -0.2) is 0 Å². The SMILES string of the molecule is CC(C)(O)CCn1cc(CN)c2ccc(Cl)cc21. The van der Waals surface area contributed by atoms with Crippen LogP contribution in [0.1, 0.15) is 25.8 Å². The van der Waals surface area contributed by atoms with Crippen molar-refractivity contribution in [2.75, 3.05) is 0 Å². The van der Waals surface area contributed by atoms with E-state index in [0.29, 0.717) is 18.0 Å². The van der Waals surface area contributed by atoms with Gasteiger partial charge in [-0.3, -0.25) is 0 Å². The number of aliphatic hydroxyl groups is 1. The molecule has 0 saturated carbocycles. The zero-order chi connectivity index (χ0) is 13.3. The predicted molar refractivity (Wildman–Crippen MR) is 75.8 cm³/mol. The average Bonchev–Trinajstić information content (AvgIpc) is 2.63. The summed E-state index contributed by atoms with van der Waals surface area (Å²) in [6.45, 7) is 4.89. The topological polar surface area (TPSA) is 51.2 Å². The van der Waals surface area contributed by atoms with Gasteiger partial charge in [-0.15, -0.1) is 0 Å². The summed E-state index contributed by atoms with van der Waals surface area (Å²) in [6.07, 6.45) is 2.74. The lowest BCUT2D eigenvalue weighted by atomic mass is 10.1. The van der Waals surface area contributed by atoms with Crippen molar-refractivity contribution in [1.82, 2.24) is 4.57 Å². The van der Waals surface area contributed by atoms with Crippen LogP contribution in [-0.2, 0) is 13.1 Å². The highest BCUT2D eigenvalue weighted by molar-refractivity contribution is 6.31. The molecule has 0 atom stereocenters. The van der Waals surface area contributed by atoms with E-state index >= 15 is 0 Å². The molecule has 0 amide bonds. The summed E-state index contributed by atoms with van der Waals surface area (Å²) in [7, 11) is 0. The number of aromatic nitrogens is 1. The Balaban J connectivity index is 2.40. The van der Waals surface area contributed by atoms with Crippen LogP contribution in [0.5, 0.6) is 0 Å². The van der Waals surface area contributed by atoms with Crippen molar-refractivity contribution in [1.29, 1.82) is 0 Å². The second-order valence-corrected chi connectivity index (χ2v) is 5.71. The van der Waals surface area contributed by atoms with Crippen molar-refractivity contribution in [3.05, 3.63) is 35.0 Å². The van der Waals surface area contributed by atoms with Gasteiger partial charge in [0.25, 0.3) is 0 Å². The summed E-state index contributed by atoms with van der Waals surface area (Å²) in [5, 5.41) is 11.7. The number of aryl methyl sites for hydroxylation is 1. The molecular weight excluding hydrogens is 248 g/mol. The monoisotopic (exact) mass is 266 g/mol. The summed E-state index contributed by atoms with van der Waals surface area (Å²) < 4.78 is 2.11. The summed E-state index contributed by atoms with van der Waals surface area (Å²) >= 11 is 6.04. The number of halogens is 1. The Morgan fingerprint density at radius 3 is 2.72 bits per heavy atom. The van der Waals surface area contributed by atoms with Crippen molar-refractivity contribution < 1.29 is 5.11 Å². The van der Waals surface area contributed by atoms with Crippen molar-refractivity contribution in [2.24, 2.45) is 5.73 Å². The third kappa shape index (κ3) is 2.86. The Morgan fingerprint density at radius 1 is 1.39 bits per heavy atom. The fourth-order valence-corrected chi connectivity index (χ4v) is 2.25. The molecule has 18 heavy (non-hydrogen) atoms. The van der Waals surface area contributed by atoms with Crippen molar-refractivity contribution in [2.45, 2.75) is 39.0 Å². The zero-order valence-corrected chi connectivity index (χ0v) is 11.5. The smallest absolute Gasteiger partial charge is 0.0608 e. The molecule has 0 aliphatic carbocycles. The van der Waals surface area contributed by atoms with Crippen molar-refractivity contribution in [3.8, 4) is 0 Å². The van der Waals surface area contributed by atoms with Crippen LogP contribution in [0.3, 0.4) is 0 Å². The van der Waals surface area contributed by atoms with Gasteiger partial charge in [0, 0.05) is 35.2 Å². The van der Waals surface area contributed by atoms with Gasteiger partial charge in [0.15, 0.2) is 0 Å². The van der Waals surface area contributed by atoms with E-state index in [4.69, 9.17) is 17.3 Å². The summed E-state index contributed by atoms with van der Waals surface area (Å²) in [6, 6.07) is 5.82. The fraction of sp³-hybridized carbons (Fsp3) is 0.429. The molecule has 4 heteroatoms. The molecule has 98 valence electrons. The van der Waals surface area contributed by atoms with E-state index in [9.17, 15) is 5.11 Å². The Bertz CT molecular complexity index is 555. The second-order valence-electron chi connectivity index (χ2n) is 5.28. The lowest BCUT2D eigenvalue weighted by molar-refractivity contribution is 0.0666. The maximum absolute atomic E-state index is 9.81. The Labute approximate surface area is 112 Å². The molecule has 0 radical (unpaired) electrons. The third-order valence-electron chi connectivity index (χ3n) is 3.11. The first kappa shape index (κ1) is 13.4. The highest BCUT2D eigenvalue weighted by Crippen LogP contribution is 2.25. The first-order chi connectivity index (χ1) is 8.40. The van der Waals surface area contributed by atoms with Gasteiger partial charge >= 0.3 is 0 Å². The molecule has 0 aliphatic rings. The minimum absolute atomic E-state index is 0.508. The molecule has 0 fully saturated rings. The number of nitrogens with zero attached hydrogens (tertiary/aromatic N) is 1. The van der Waals surface area contributed by atoms with E-state index in [2.05, 4.69) is 4.57 Å². The molecule has 0 spiro atoms. The fourth-order valence-electron chi connectivity index (χ4n) is 2.08. The second kappa shape index (κ2) is 4.92. The maximum Gasteiger partial charge on any atom is 0.0608 e. The van der Waals surface area contributed by atoms with Crippen LogP contribution in [0, 0.1) is 0 Å². The van der Waals surface area contributed by atoms with Crippen LogP contribution in [0.25, 0.3) is 10.9 Å². The minimum Gasteiger partial charge on any atom is -0.390 e. The van der Waals surface area contributed by atoms with E-state index in [1.165, 1.54) is 0 Å². The van der Waals surface area contributed by atoms with Crippen LogP contribution in [0.15, 0.2) is 24.4 Å². The van der Waals surface area contributed by atoms with E-state index in [-0.39, 0.29) is 0 Å². The van der Waals surface area contributed by atoms with Gasteiger partial charge in [-0.05, 0) is 38.0 Å². The van der Waals surface area contributed by atoms with Gasteiger partial charge in [0.05, 0.1) is 5.60 Å². The van der Waals surface area contributed by atoms with Gasteiger partial charge in [0.2, 0.25) is 0 Å². The molecule has 0 aliphatic heterocycles. The lowest BCUT2D eigenvalue weighted by Gasteiger charge is -2.17. The molecule has 0 bridgehead atoms. The normalized spacial score (nSPS) is 12.3. The van der Waals surface area contributed by atoms with Gasteiger partial charge < -0.3 is 15.4 Å². The van der Waals surface area contributed by atoms with Crippen molar-refractivity contribution in [3.63, 3.8) is 0 Å². The lowest BCUT2D eigenvalue weighted by Crippen LogP contribution is -2.20. The average molecular weight is 267 g/mol. The molecule has 2 aromatic rings. The number of benzene rings is 1. The maximum atomic E-state index is 9.81. The quantitative estimate of drug-likeness (QED) is 0.894. The van der Waals surface area contributed by atoms with Crippen LogP contribution in [0.4, 0.5) is 0 Å². The molecule has 0 unspecified atom stereocenters. The predicted octanol–water partition coefficient (Wildman–Crippen LogP) is 2.91. The highest BCUT2D eigenvalue weighted by Gasteiger charge is 2.14. The van der Waals surface area contributed by atoms with Crippen LogP contribution < -0.4 is 5.73 Å². The number of hydrogen-bond acceptors (Lipinski definition) is 2. The molecule has 3 nitrogen and oxygen atoms in total. The first-order valence-corrected chi connectivity index (χ1v) is 6.48. The van der Waals surface area contributed by atoms with Crippen molar-refractivity contribution >= 4 is 22.5 Å². The number of nitrogens with two attached hydrogens (primary N) is 1. The molecule has 1 heterocycles. The Kier molecular flexibility index (Phi) is 3.66. The Morgan fingerprint density at radius 2 is 2.11 bits per heavy atom. The molecule has 1 aromatic heterocycles. The molecular formula is C14H19ClN2O. The zero-order valence-electron chi connectivity index (χ0n) is 10.8. The van der Waals surface area contributed by atoms with Crippen LogP contribution >= 0.6 is 11.6 Å². The molecule has 1 aromatic carbocycles. The van der Waals surface area contributed by atoms with E-state index in [1.54, 1.807) is 0 Å². The van der Waals surface area contributed by atoms with Gasteiger partial charge in [0.1, 0.15) is 0 Å². The number of hydrogen-bond donors (Lipinski definition) is 2. The molecule has 0 saturated heterocycles. The summed E-state index contributed by atoms with van der Waals surface area (Å²) in [5.74, 6) is 0. The van der Waals surface area contributed by atoms with E-state index in [1.807, 2.05) is 38.2 Å². The third-order valence-corrected chi connectivity index (χ3v) is 3.35. The van der Waals surface area contributed by atoms with Gasteiger partial charge in [-0.1, -0.05) is 17.7 Å². The van der Waals surface area contributed by atoms with Crippen LogP contribution in [-0.4, -0.2) is 15.3 Å². The Hall–Kier alpha value is -1.03. The summed E-state index contributed by atoms with van der Waals surface area (Å²) in [5.41, 5.74) is 7.27.